The number of H-pyrrole nitrogens is 1. The van der Waals surface area contributed by atoms with Crippen molar-refractivity contribution in [2.75, 3.05) is 25.0 Å². The molecule has 0 unspecified atom stereocenters. The van der Waals surface area contributed by atoms with Crippen molar-refractivity contribution in [1.29, 1.82) is 0 Å². The molecular formula is C15H17F3N4O2. The Labute approximate surface area is 135 Å². The van der Waals surface area contributed by atoms with Crippen molar-refractivity contribution in [3.05, 3.63) is 34.3 Å². The van der Waals surface area contributed by atoms with E-state index in [1.54, 1.807) is 0 Å². The lowest BCUT2D eigenvalue weighted by molar-refractivity contribution is -0.136. The first kappa shape index (κ1) is 16.6. The minimum Gasteiger partial charge on any atom is -0.388 e. The molecule has 2 heterocycles. The Hall–Kier alpha value is -2.29. The van der Waals surface area contributed by atoms with Gasteiger partial charge in [-0.1, -0.05) is 0 Å². The average molecular weight is 342 g/mol. The summed E-state index contributed by atoms with van der Waals surface area (Å²) in [7, 11) is 0. The van der Waals surface area contributed by atoms with Gasteiger partial charge in [-0.2, -0.15) is 13.2 Å². The quantitative estimate of drug-likeness (QED) is 0.795. The highest BCUT2D eigenvalue weighted by Crippen LogP contribution is 2.37. The highest BCUT2D eigenvalue weighted by molar-refractivity contribution is 5.65. The topological polar surface area (TPSA) is 83.0 Å². The highest BCUT2D eigenvalue weighted by atomic mass is 19.4. The molecule has 0 bridgehead atoms. The maximum atomic E-state index is 13.2. The zero-order valence-electron chi connectivity index (χ0n) is 12.7. The normalized spacial score (nSPS) is 18.5. The molecule has 9 heteroatoms. The number of piperidine rings is 1. The van der Waals surface area contributed by atoms with Gasteiger partial charge < -0.3 is 15.1 Å². The SMILES string of the molecule is O=c1[nH]nc(-c2ccc(C(F)(F)F)c(NC[C@@H]3CCCNC3)c2)o1. The van der Waals surface area contributed by atoms with Gasteiger partial charge in [0.15, 0.2) is 0 Å². The Morgan fingerprint density at radius 1 is 1.38 bits per heavy atom. The van der Waals surface area contributed by atoms with Crippen LogP contribution in [0.1, 0.15) is 18.4 Å². The number of nitrogens with zero attached hydrogens (tertiary/aromatic N) is 1. The van der Waals surface area contributed by atoms with Crippen LogP contribution in [0.2, 0.25) is 0 Å². The van der Waals surface area contributed by atoms with Crippen molar-refractivity contribution >= 4 is 5.69 Å². The smallest absolute Gasteiger partial charge is 0.388 e. The van der Waals surface area contributed by atoms with E-state index < -0.39 is 17.5 Å². The van der Waals surface area contributed by atoms with Gasteiger partial charge in [-0.05, 0) is 50.0 Å². The zero-order chi connectivity index (χ0) is 17.2. The van der Waals surface area contributed by atoms with Crippen LogP contribution in [0.3, 0.4) is 0 Å². The lowest BCUT2D eigenvalue weighted by Crippen LogP contribution is -2.33. The Balaban J connectivity index is 1.86. The van der Waals surface area contributed by atoms with Gasteiger partial charge in [0, 0.05) is 17.8 Å². The summed E-state index contributed by atoms with van der Waals surface area (Å²) in [6, 6.07) is 3.50. The number of benzene rings is 1. The van der Waals surface area contributed by atoms with E-state index in [-0.39, 0.29) is 17.5 Å². The number of nitrogens with one attached hydrogen (secondary N) is 3. The summed E-state index contributed by atoms with van der Waals surface area (Å²) in [5.41, 5.74) is -0.505. The molecule has 130 valence electrons. The van der Waals surface area contributed by atoms with Crippen molar-refractivity contribution in [3.63, 3.8) is 0 Å². The maximum Gasteiger partial charge on any atom is 0.434 e. The van der Waals surface area contributed by atoms with Crippen LogP contribution >= 0.6 is 0 Å². The van der Waals surface area contributed by atoms with Crippen LogP contribution in [0.15, 0.2) is 27.4 Å². The molecule has 1 aromatic heterocycles. The van der Waals surface area contributed by atoms with Gasteiger partial charge in [0.05, 0.1) is 5.56 Å². The standard InChI is InChI=1S/C15H17F3N4O2/c16-15(17,18)11-4-3-10(13-21-22-14(23)24-13)6-12(11)20-8-9-2-1-5-19-7-9/h3-4,6,9,19-20H,1-2,5,7-8H2,(H,22,23)/t9-/m1/s1. The molecule has 3 rings (SSSR count). The monoisotopic (exact) mass is 342 g/mol. The van der Waals surface area contributed by atoms with Gasteiger partial charge in [0.1, 0.15) is 0 Å². The van der Waals surface area contributed by atoms with Crippen LogP contribution in [0.25, 0.3) is 11.5 Å². The van der Waals surface area contributed by atoms with E-state index >= 15 is 0 Å². The number of aromatic nitrogens is 2. The van der Waals surface area contributed by atoms with Crippen LogP contribution in [0.4, 0.5) is 18.9 Å². The predicted octanol–water partition coefficient (Wildman–Crippen LogP) is 2.46. The molecule has 24 heavy (non-hydrogen) atoms. The first-order valence-electron chi connectivity index (χ1n) is 7.65. The highest BCUT2D eigenvalue weighted by Gasteiger charge is 2.34. The molecule has 6 nitrogen and oxygen atoms in total. The van der Waals surface area contributed by atoms with E-state index in [4.69, 9.17) is 4.42 Å². The summed E-state index contributed by atoms with van der Waals surface area (Å²) in [4.78, 5) is 11.0. The molecule has 0 spiro atoms. The van der Waals surface area contributed by atoms with E-state index in [9.17, 15) is 18.0 Å². The number of halogens is 3. The molecule has 1 saturated heterocycles. The minimum absolute atomic E-state index is 0.0452. The number of alkyl halides is 3. The molecular weight excluding hydrogens is 325 g/mol. The van der Waals surface area contributed by atoms with Gasteiger partial charge in [-0.25, -0.2) is 9.89 Å². The summed E-state index contributed by atoms with van der Waals surface area (Å²) < 4.78 is 44.4. The molecule has 2 aromatic rings. The van der Waals surface area contributed by atoms with E-state index in [0.717, 1.165) is 32.0 Å². The molecule has 1 aliphatic heterocycles. The fourth-order valence-corrected chi connectivity index (χ4v) is 2.78. The molecule has 3 N–H and O–H groups in total. The number of hydrogen-bond donors (Lipinski definition) is 3. The second-order valence-corrected chi connectivity index (χ2v) is 5.77. The van der Waals surface area contributed by atoms with Crippen LogP contribution in [0, 0.1) is 5.92 Å². The van der Waals surface area contributed by atoms with Gasteiger partial charge in [-0.3, -0.25) is 0 Å². The fraction of sp³-hybridized carbons (Fsp3) is 0.467. The summed E-state index contributed by atoms with van der Waals surface area (Å²) in [5.74, 6) is -0.532. The molecule has 1 aliphatic rings. The molecule has 1 atom stereocenters. The Bertz CT molecular complexity index is 748. The third-order valence-electron chi connectivity index (χ3n) is 3.99. The molecule has 0 radical (unpaired) electrons. The lowest BCUT2D eigenvalue weighted by atomic mass is 9.99. The first-order chi connectivity index (χ1) is 11.4. The number of hydrogen-bond acceptors (Lipinski definition) is 5. The van der Waals surface area contributed by atoms with Crippen LogP contribution in [-0.2, 0) is 6.18 Å². The van der Waals surface area contributed by atoms with Gasteiger partial charge in [-0.15, -0.1) is 5.10 Å². The van der Waals surface area contributed by atoms with Crippen molar-refractivity contribution < 1.29 is 17.6 Å². The summed E-state index contributed by atoms with van der Waals surface area (Å²) >= 11 is 0. The molecule has 0 saturated carbocycles. The molecule has 0 amide bonds. The van der Waals surface area contributed by atoms with Gasteiger partial charge in [0.2, 0.25) is 5.89 Å². The minimum atomic E-state index is -4.47. The third-order valence-corrected chi connectivity index (χ3v) is 3.99. The molecule has 1 fully saturated rings. The van der Waals surface area contributed by atoms with E-state index in [1.165, 1.54) is 12.1 Å². The van der Waals surface area contributed by atoms with Gasteiger partial charge >= 0.3 is 11.9 Å². The molecule has 0 aliphatic carbocycles. The Morgan fingerprint density at radius 2 is 2.21 bits per heavy atom. The first-order valence-corrected chi connectivity index (χ1v) is 7.65. The molecule has 1 aromatic carbocycles. The lowest BCUT2D eigenvalue weighted by Gasteiger charge is -2.24. The van der Waals surface area contributed by atoms with Crippen molar-refractivity contribution in [1.82, 2.24) is 15.5 Å². The fourth-order valence-electron chi connectivity index (χ4n) is 2.78. The van der Waals surface area contributed by atoms with Crippen LogP contribution < -0.4 is 16.4 Å². The number of aromatic amines is 1. The Morgan fingerprint density at radius 3 is 2.83 bits per heavy atom. The van der Waals surface area contributed by atoms with Gasteiger partial charge in [0.25, 0.3) is 0 Å². The average Bonchev–Trinajstić information content (AvgIpc) is 2.99. The summed E-state index contributed by atoms with van der Waals surface area (Å²) in [6.07, 6.45) is -2.50. The Kier molecular flexibility index (Phi) is 4.61. The van der Waals surface area contributed by atoms with E-state index in [2.05, 4.69) is 20.8 Å². The second kappa shape index (κ2) is 6.68. The number of rotatable bonds is 4. The maximum absolute atomic E-state index is 13.2. The summed E-state index contributed by atoms with van der Waals surface area (Å²) in [5, 5.41) is 11.9. The third kappa shape index (κ3) is 3.78. The summed E-state index contributed by atoms with van der Waals surface area (Å²) in [6.45, 7) is 2.16. The van der Waals surface area contributed by atoms with Crippen LogP contribution in [0.5, 0.6) is 0 Å². The zero-order valence-corrected chi connectivity index (χ0v) is 12.7. The van der Waals surface area contributed by atoms with E-state index in [1.807, 2.05) is 0 Å². The largest absolute Gasteiger partial charge is 0.434 e. The predicted molar refractivity (Wildman–Crippen MR) is 81.6 cm³/mol. The van der Waals surface area contributed by atoms with E-state index in [0.29, 0.717) is 12.1 Å². The van der Waals surface area contributed by atoms with Crippen molar-refractivity contribution in [3.8, 4) is 11.5 Å². The second-order valence-electron chi connectivity index (χ2n) is 5.77. The van der Waals surface area contributed by atoms with Crippen LogP contribution in [-0.4, -0.2) is 29.8 Å². The van der Waals surface area contributed by atoms with Crippen molar-refractivity contribution in [2.24, 2.45) is 5.92 Å². The van der Waals surface area contributed by atoms with Crippen molar-refractivity contribution in [2.45, 2.75) is 19.0 Å². The number of anilines is 1.